The second kappa shape index (κ2) is 5.50. The normalized spacial score (nSPS) is 12.0. The Balaban J connectivity index is 2.23. The van der Waals surface area contributed by atoms with Gasteiger partial charge in [0.1, 0.15) is 5.25 Å². The Kier molecular flexibility index (Phi) is 3.77. The Labute approximate surface area is 104 Å². The first-order valence-electron chi connectivity index (χ1n) is 5.13. The minimum absolute atomic E-state index is 0.619. The molecule has 0 aliphatic carbocycles. The first-order valence-corrected chi connectivity index (χ1v) is 6.01. The van der Waals surface area contributed by atoms with Gasteiger partial charge in [-0.2, -0.15) is 0 Å². The molecule has 0 saturated carbocycles. The summed E-state index contributed by atoms with van der Waals surface area (Å²) >= 11 is 1.24. The van der Waals surface area contributed by atoms with Gasteiger partial charge in [-0.25, -0.2) is 4.98 Å². The molecule has 3 nitrogen and oxygen atoms in total. The summed E-state index contributed by atoms with van der Waals surface area (Å²) in [5.41, 5.74) is 0.774. The molecule has 17 heavy (non-hydrogen) atoms. The lowest BCUT2D eigenvalue weighted by Crippen LogP contribution is -2.07. The highest BCUT2D eigenvalue weighted by atomic mass is 32.2. The summed E-state index contributed by atoms with van der Waals surface area (Å²) in [6, 6.07) is 14.6. The van der Waals surface area contributed by atoms with Gasteiger partial charge in [0.05, 0.1) is 5.03 Å². The largest absolute Gasteiger partial charge is 0.480 e. The molecule has 4 heteroatoms. The molecule has 2 aromatic rings. The molecule has 1 atom stereocenters. The van der Waals surface area contributed by atoms with Crippen LogP contribution in [-0.2, 0) is 4.79 Å². The maximum atomic E-state index is 11.3. The number of carboxylic acid groups (broad SMARTS) is 1. The van der Waals surface area contributed by atoms with E-state index in [0.29, 0.717) is 5.03 Å². The van der Waals surface area contributed by atoms with Gasteiger partial charge in [-0.3, -0.25) is 4.79 Å². The van der Waals surface area contributed by atoms with Gasteiger partial charge in [0.15, 0.2) is 0 Å². The number of hydrogen-bond acceptors (Lipinski definition) is 3. The quantitative estimate of drug-likeness (QED) is 0.841. The minimum Gasteiger partial charge on any atom is -0.480 e. The summed E-state index contributed by atoms with van der Waals surface area (Å²) in [6.07, 6.45) is 1.66. The van der Waals surface area contributed by atoms with Gasteiger partial charge in [0.2, 0.25) is 0 Å². The van der Waals surface area contributed by atoms with Crippen LogP contribution >= 0.6 is 11.8 Å². The van der Waals surface area contributed by atoms with Crippen LogP contribution in [0.4, 0.5) is 0 Å². The molecule has 0 amide bonds. The first-order chi connectivity index (χ1) is 8.27. The predicted octanol–water partition coefficient (Wildman–Crippen LogP) is 3.00. The summed E-state index contributed by atoms with van der Waals surface area (Å²) in [4.78, 5) is 15.4. The molecule has 1 aromatic carbocycles. The van der Waals surface area contributed by atoms with Gasteiger partial charge in [0, 0.05) is 6.20 Å². The highest BCUT2D eigenvalue weighted by Gasteiger charge is 2.21. The summed E-state index contributed by atoms with van der Waals surface area (Å²) in [5.74, 6) is -0.855. The molecule has 0 aliphatic rings. The third-order valence-electron chi connectivity index (χ3n) is 2.20. The van der Waals surface area contributed by atoms with E-state index in [9.17, 15) is 9.90 Å². The van der Waals surface area contributed by atoms with Crippen molar-refractivity contribution in [2.24, 2.45) is 0 Å². The van der Waals surface area contributed by atoms with Crippen LogP contribution < -0.4 is 0 Å². The standard InChI is InChI=1S/C13H11NO2S/c15-13(16)12(10-6-2-1-3-7-10)17-11-8-4-5-9-14-11/h1-9,12H,(H,15,16)/t12-/m1/s1. The van der Waals surface area contributed by atoms with Gasteiger partial charge >= 0.3 is 5.97 Å². The molecule has 2 rings (SSSR count). The number of aromatic nitrogens is 1. The van der Waals surface area contributed by atoms with E-state index in [1.807, 2.05) is 48.5 Å². The van der Waals surface area contributed by atoms with Gasteiger partial charge in [-0.1, -0.05) is 48.2 Å². The SMILES string of the molecule is O=C(O)[C@H](Sc1ccccn1)c1ccccc1. The maximum absolute atomic E-state index is 11.3. The number of thioether (sulfide) groups is 1. The van der Waals surface area contributed by atoms with Crippen molar-refractivity contribution in [1.29, 1.82) is 0 Å². The lowest BCUT2D eigenvalue weighted by Gasteiger charge is -2.11. The fourth-order valence-electron chi connectivity index (χ4n) is 1.43. The van der Waals surface area contributed by atoms with Gasteiger partial charge in [-0.15, -0.1) is 0 Å². The van der Waals surface area contributed by atoms with E-state index >= 15 is 0 Å². The van der Waals surface area contributed by atoms with Gasteiger partial charge in [0.25, 0.3) is 0 Å². The van der Waals surface area contributed by atoms with Crippen LogP contribution in [0.25, 0.3) is 0 Å². The molecule has 0 unspecified atom stereocenters. The number of rotatable bonds is 4. The fourth-order valence-corrected chi connectivity index (χ4v) is 2.34. The summed E-state index contributed by atoms with van der Waals surface area (Å²) < 4.78 is 0. The average Bonchev–Trinajstić information content (AvgIpc) is 2.38. The molecule has 0 aliphatic heterocycles. The van der Waals surface area contributed by atoms with Crippen molar-refractivity contribution in [2.75, 3.05) is 0 Å². The molecule has 1 aromatic heterocycles. The van der Waals surface area contributed by atoms with Crippen molar-refractivity contribution >= 4 is 17.7 Å². The molecule has 86 valence electrons. The van der Waals surface area contributed by atoms with Crippen molar-refractivity contribution in [3.05, 3.63) is 60.3 Å². The number of pyridine rings is 1. The topological polar surface area (TPSA) is 50.2 Å². The smallest absolute Gasteiger partial charge is 0.321 e. The zero-order valence-corrected chi connectivity index (χ0v) is 9.80. The summed E-state index contributed by atoms with van der Waals surface area (Å²) in [6.45, 7) is 0. The number of hydrogen-bond donors (Lipinski definition) is 1. The Bertz CT molecular complexity index is 487. The molecule has 0 saturated heterocycles. The Hall–Kier alpha value is -1.81. The summed E-state index contributed by atoms with van der Waals surface area (Å²) in [5, 5.41) is 9.33. The lowest BCUT2D eigenvalue weighted by molar-refractivity contribution is -0.136. The highest BCUT2D eigenvalue weighted by molar-refractivity contribution is 8.00. The molecule has 1 N–H and O–H groups in total. The van der Waals surface area contributed by atoms with E-state index in [-0.39, 0.29) is 0 Å². The van der Waals surface area contributed by atoms with Crippen molar-refractivity contribution in [1.82, 2.24) is 4.98 Å². The van der Waals surface area contributed by atoms with Crippen molar-refractivity contribution in [2.45, 2.75) is 10.3 Å². The summed E-state index contributed by atoms with van der Waals surface area (Å²) in [7, 11) is 0. The van der Waals surface area contributed by atoms with Crippen molar-refractivity contribution < 1.29 is 9.90 Å². The van der Waals surface area contributed by atoms with E-state index in [1.54, 1.807) is 6.20 Å². The first kappa shape index (κ1) is 11.7. The molecule has 1 heterocycles. The van der Waals surface area contributed by atoms with E-state index in [0.717, 1.165) is 5.56 Å². The monoisotopic (exact) mass is 245 g/mol. The highest BCUT2D eigenvalue weighted by Crippen LogP contribution is 2.33. The molecule has 0 spiro atoms. The van der Waals surface area contributed by atoms with Gasteiger partial charge < -0.3 is 5.11 Å². The molecule has 0 bridgehead atoms. The van der Waals surface area contributed by atoms with Crippen LogP contribution in [0.2, 0.25) is 0 Å². The number of nitrogens with zero attached hydrogens (tertiary/aromatic N) is 1. The van der Waals surface area contributed by atoms with Crippen LogP contribution in [0.3, 0.4) is 0 Å². The maximum Gasteiger partial charge on any atom is 0.321 e. The van der Waals surface area contributed by atoms with Gasteiger partial charge in [-0.05, 0) is 17.7 Å². The second-order valence-corrected chi connectivity index (χ2v) is 4.54. The fraction of sp³-hybridized carbons (Fsp3) is 0.0769. The van der Waals surface area contributed by atoms with Crippen LogP contribution in [0.1, 0.15) is 10.8 Å². The van der Waals surface area contributed by atoms with E-state index in [2.05, 4.69) is 4.98 Å². The predicted molar refractivity (Wildman–Crippen MR) is 66.9 cm³/mol. The third-order valence-corrected chi connectivity index (χ3v) is 3.40. The van der Waals surface area contributed by atoms with Crippen molar-refractivity contribution in [3.8, 4) is 0 Å². The van der Waals surface area contributed by atoms with E-state index < -0.39 is 11.2 Å². The molecule has 0 radical (unpaired) electrons. The minimum atomic E-state index is -0.855. The molecular weight excluding hydrogens is 234 g/mol. The third kappa shape index (κ3) is 3.07. The van der Waals surface area contributed by atoms with E-state index in [4.69, 9.17) is 0 Å². The zero-order valence-electron chi connectivity index (χ0n) is 8.98. The number of carbonyl (C=O) groups is 1. The van der Waals surface area contributed by atoms with Crippen LogP contribution in [-0.4, -0.2) is 16.1 Å². The number of benzene rings is 1. The Morgan fingerprint density at radius 3 is 2.41 bits per heavy atom. The van der Waals surface area contributed by atoms with Crippen LogP contribution in [0, 0.1) is 0 Å². The second-order valence-electron chi connectivity index (χ2n) is 3.41. The Morgan fingerprint density at radius 2 is 1.82 bits per heavy atom. The molecular formula is C13H11NO2S. The average molecular weight is 245 g/mol. The number of aliphatic carboxylic acids is 1. The lowest BCUT2D eigenvalue weighted by atomic mass is 10.1. The van der Waals surface area contributed by atoms with E-state index in [1.165, 1.54) is 11.8 Å². The zero-order chi connectivity index (χ0) is 12.1. The van der Waals surface area contributed by atoms with Crippen LogP contribution in [0.15, 0.2) is 59.8 Å². The van der Waals surface area contributed by atoms with Crippen LogP contribution in [0.5, 0.6) is 0 Å². The van der Waals surface area contributed by atoms with Crippen molar-refractivity contribution in [3.63, 3.8) is 0 Å². The molecule has 0 fully saturated rings. The number of carboxylic acids is 1. The Morgan fingerprint density at radius 1 is 1.12 bits per heavy atom.